The summed E-state index contributed by atoms with van der Waals surface area (Å²) in [5.41, 5.74) is 3.95. The van der Waals surface area contributed by atoms with Gasteiger partial charge in [-0.2, -0.15) is 0 Å². The maximum Gasteiger partial charge on any atom is 0.161 e. The second kappa shape index (κ2) is 6.28. The highest BCUT2D eigenvalue weighted by Crippen LogP contribution is 2.43. The number of nitrogens with one attached hydrogen (secondary N) is 1. The molecule has 0 amide bonds. The van der Waals surface area contributed by atoms with Crippen LogP contribution in [0.25, 0.3) is 0 Å². The Balaban J connectivity index is 1.67. The number of fused-ring (bicyclic) bond motifs is 3. The SMILES string of the molecule is COc1cc2c(cc1OC)[C@H]1CN[C@@H](c3ccc(Cl)cc3)N1CC2. The van der Waals surface area contributed by atoms with Crippen LogP contribution in [0.15, 0.2) is 36.4 Å². The van der Waals surface area contributed by atoms with E-state index >= 15 is 0 Å². The van der Waals surface area contributed by atoms with E-state index in [0.717, 1.165) is 36.0 Å². The van der Waals surface area contributed by atoms with Crippen LogP contribution in [0, 0.1) is 0 Å². The lowest BCUT2D eigenvalue weighted by Crippen LogP contribution is -2.34. The molecule has 4 nitrogen and oxygen atoms in total. The first kappa shape index (κ1) is 15.8. The van der Waals surface area contributed by atoms with Crippen LogP contribution in [-0.4, -0.2) is 32.2 Å². The van der Waals surface area contributed by atoms with Gasteiger partial charge in [0.15, 0.2) is 11.5 Å². The van der Waals surface area contributed by atoms with Crippen molar-refractivity contribution in [2.75, 3.05) is 27.3 Å². The fraction of sp³-hybridized carbons (Fsp3) is 0.368. The smallest absolute Gasteiger partial charge is 0.161 e. The molecule has 0 aromatic heterocycles. The Hall–Kier alpha value is -1.75. The molecule has 1 saturated heterocycles. The number of hydrogen-bond acceptors (Lipinski definition) is 4. The molecule has 2 heterocycles. The summed E-state index contributed by atoms with van der Waals surface area (Å²) in [5.74, 6) is 1.61. The fourth-order valence-corrected chi connectivity index (χ4v) is 4.00. The standard InChI is InChI=1S/C19H21ClN2O2/c1-23-17-9-13-7-8-22-16(15(13)10-18(17)24-2)11-21-19(22)12-3-5-14(20)6-4-12/h3-6,9-10,16,19,21H,7-8,11H2,1-2H3/t16-,19-/m1/s1. The van der Waals surface area contributed by atoms with Crippen molar-refractivity contribution in [3.8, 4) is 11.5 Å². The molecule has 0 unspecified atom stereocenters. The van der Waals surface area contributed by atoms with E-state index in [1.54, 1.807) is 14.2 Å². The van der Waals surface area contributed by atoms with Crippen molar-refractivity contribution in [2.45, 2.75) is 18.6 Å². The van der Waals surface area contributed by atoms with E-state index < -0.39 is 0 Å². The number of methoxy groups -OCH3 is 2. The Morgan fingerprint density at radius 2 is 1.79 bits per heavy atom. The van der Waals surface area contributed by atoms with E-state index in [4.69, 9.17) is 21.1 Å². The Bertz CT molecular complexity index is 748. The van der Waals surface area contributed by atoms with Crippen molar-refractivity contribution in [1.82, 2.24) is 10.2 Å². The second-order valence-corrected chi connectivity index (χ2v) is 6.71. The van der Waals surface area contributed by atoms with E-state index in [0.29, 0.717) is 6.04 Å². The summed E-state index contributed by atoms with van der Waals surface area (Å²) in [5, 5.41) is 4.42. The molecule has 0 saturated carbocycles. The minimum atomic E-state index is 0.230. The van der Waals surface area contributed by atoms with Crippen molar-refractivity contribution in [3.05, 3.63) is 58.1 Å². The first-order valence-electron chi connectivity index (χ1n) is 8.20. The monoisotopic (exact) mass is 344 g/mol. The summed E-state index contributed by atoms with van der Waals surface area (Å²) < 4.78 is 10.9. The van der Waals surface area contributed by atoms with Crippen LogP contribution in [0.2, 0.25) is 5.02 Å². The molecule has 2 aromatic rings. The van der Waals surface area contributed by atoms with E-state index in [9.17, 15) is 0 Å². The molecule has 0 bridgehead atoms. The predicted molar refractivity (Wildman–Crippen MR) is 94.9 cm³/mol. The van der Waals surface area contributed by atoms with Gasteiger partial charge in [0.05, 0.1) is 20.4 Å². The van der Waals surface area contributed by atoms with Crippen LogP contribution in [0.5, 0.6) is 11.5 Å². The highest BCUT2D eigenvalue weighted by atomic mass is 35.5. The predicted octanol–water partition coefficient (Wildman–Crippen LogP) is 3.56. The normalized spacial score (nSPS) is 22.8. The van der Waals surface area contributed by atoms with Crippen molar-refractivity contribution in [3.63, 3.8) is 0 Å². The van der Waals surface area contributed by atoms with Crippen LogP contribution in [0.4, 0.5) is 0 Å². The van der Waals surface area contributed by atoms with Gasteiger partial charge >= 0.3 is 0 Å². The molecule has 126 valence electrons. The molecular weight excluding hydrogens is 324 g/mol. The number of hydrogen-bond donors (Lipinski definition) is 1. The van der Waals surface area contributed by atoms with Crippen LogP contribution < -0.4 is 14.8 Å². The number of halogens is 1. The molecule has 2 aliphatic heterocycles. The maximum absolute atomic E-state index is 6.02. The molecule has 2 aliphatic rings. The molecule has 2 aromatic carbocycles. The summed E-state index contributed by atoms with van der Waals surface area (Å²) in [6.45, 7) is 1.95. The summed E-state index contributed by atoms with van der Waals surface area (Å²) in [6, 6.07) is 12.7. The molecular formula is C19H21ClN2O2. The average Bonchev–Trinajstić information content (AvgIpc) is 3.05. The average molecular weight is 345 g/mol. The molecule has 0 spiro atoms. The van der Waals surface area contributed by atoms with Gasteiger partial charge in [0.1, 0.15) is 0 Å². The summed E-state index contributed by atoms with van der Waals surface area (Å²) in [7, 11) is 3.38. The molecule has 24 heavy (non-hydrogen) atoms. The Labute approximate surface area is 147 Å². The van der Waals surface area contributed by atoms with Gasteiger partial charge in [-0.15, -0.1) is 0 Å². The van der Waals surface area contributed by atoms with Crippen LogP contribution >= 0.6 is 11.6 Å². The summed E-state index contributed by atoms with van der Waals surface area (Å²) >= 11 is 6.02. The molecule has 4 rings (SSSR count). The zero-order valence-corrected chi connectivity index (χ0v) is 14.6. The zero-order chi connectivity index (χ0) is 16.7. The third kappa shape index (κ3) is 2.55. The van der Waals surface area contributed by atoms with Gasteiger partial charge in [-0.3, -0.25) is 10.2 Å². The maximum atomic E-state index is 6.02. The number of rotatable bonds is 3. The fourth-order valence-electron chi connectivity index (χ4n) is 3.88. The van der Waals surface area contributed by atoms with Gasteiger partial charge in [0.2, 0.25) is 0 Å². The lowest BCUT2D eigenvalue weighted by molar-refractivity contribution is 0.180. The Kier molecular flexibility index (Phi) is 4.12. The largest absolute Gasteiger partial charge is 0.493 e. The molecule has 0 aliphatic carbocycles. The highest BCUT2D eigenvalue weighted by molar-refractivity contribution is 6.30. The van der Waals surface area contributed by atoms with Crippen molar-refractivity contribution >= 4 is 11.6 Å². The Morgan fingerprint density at radius 3 is 2.50 bits per heavy atom. The summed E-state index contributed by atoms with van der Waals surface area (Å²) in [4.78, 5) is 2.53. The first-order valence-corrected chi connectivity index (χ1v) is 8.58. The highest BCUT2D eigenvalue weighted by Gasteiger charge is 2.38. The molecule has 2 atom stereocenters. The van der Waals surface area contributed by atoms with Crippen LogP contribution in [-0.2, 0) is 6.42 Å². The van der Waals surface area contributed by atoms with Gasteiger partial charge in [0, 0.05) is 24.2 Å². The lowest BCUT2D eigenvalue weighted by atomic mass is 9.92. The Morgan fingerprint density at radius 1 is 1.08 bits per heavy atom. The first-order chi connectivity index (χ1) is 11.7. The minimum absolute atomic E-state index is 0.230. The minimum Gasteiger partial charge on any atom is -0.493 e. The van der Waals surface area contributed by atoms with E-state index in [-0.39, 0.29) is 6.17 Å². The van der Waals surface area contributed by atoms with Crippen LogP contribution in [0.1, 0.15) is 28.9 Å². The molecule has 5 heteroatoms. The van der Waals surface area contributed by atoms with Crippen molar-refractivity contribution < 1.29 is 9.47 Å². The zero-order valence-electron chi connectivity index (χ0n) is 13.9. The quantitative estimate of drug-likeness (QED) is 0.923. The third-order valence-corrected chi connectivity index (χ3v) is 5.32. The lowest BCUT2D eigenvalue weighted by Gasteiger charge is -2.35. The number of nitrogens with zero attached hydrogens (tertiary/aromatic N) is 1. The van der Waals surface area contributed by atoms with Crippen LogP contribution in [0.3, 0.4) is 0 Å². The topological polar surface area (TPSA) is 33.7 Å². The second-order valence-electron chi connectivity index (χ2n) is 6.27. The number of ether oxygens (including phenoxy) is 2. The molecule has 1 N–H and O–H groups in total. The van der Waals surface area contributed by atoms with E-state index in [1.165, 1.54) is 16.7 Å². The van der Waals surface area contributed by atoms with Gasteiger partial charge in [-0.05, 0) is 47.4 Å². The summed E-state index contributed by atoms with van der Waals surface area (Å²) in [6.07, 6.45) is 1.24. The van der Waals surface area contributed by atoms with Gasteiger partial charge in [-0.25, -0.2) is 0 Å². The molecule has 0 radical (unpaired) electrons. The number of benzene rings is 2. The van der Waals surface area contributed by atoms with Crippen molar-refractivity contribution in [2.24, 2.45) is 0 Å². The molecule has 1 fully saturated rings. The van der Waals surface area contributed by atoms with Gasteiger partial charge in [0.25, 0.3) is 0 Å². The van der Waals surface area contributed by atoms with Crippen molar-refractivity contribution in [1.29, 1.82) is 0 Å². The third-order valence-electron chi connectivity index (χ3n) is 5.07. The van der Waals surface area contributed by atoms with E-state index in [2.05, 4.69) is 34.5 Å². The van der Waals surface area contributed by atoms with Gasteiger partial charge < -0.3 is 9.47 Å². The van der Waals surface area contributed by atoms with Gasteiger partial charge in [-0.1, -0.05) is 23.7 Å². The van der Waals surface area contributed by atoms with E-state index in [1.807, 2.05) is 12.1 Å².